The SMILES string of the molecule is O=C(NC(CO)c1ccccc1)c1cc(-c2ccncc2)on1. The van der Waals surface area contributed by atoms with Crippen molar-refractivity contribution >= 4 is 5.91 Å². The number of carbonyl (C=O) groups is 1. The van der Waals surface area contributed by atoms with Crippen molar-refractivity contribution in [2.24, 2.45) is 0 Å². The Labute approximate surface area is 132 Å². The van der Waals surface area contributed by atoms with Gasteiger partial charge in [0.05, 0.1) is 12.6 Å². The van der Waals surface area contributed by atoms with Crippen LogP contribution in [0.5, 0.6) is 0 Å². The summed E-state index contributed by atoms with van der Waals surface area (Å²) in [6.07, 6.45) is 3.27. The Kier molecular flexibility index (Phi) is 4.44. The molecule has 1 amide bonds. The lowest BCUT2D eigenvalue weighted by Crippen LogP contribution is -2.30. The number of rotatable bonds is 5. The van der Waals surface area contributed by atoms with Gasteiger partial charge in [-0.05, 0) is 17.7 Å². The van der Waals surface area contributed by atoms with Crippen LogP contribution >= 0.6 is 0 Å². The molecular formula is C17H15N3O3. The Morgan fingerprint density at radius 3 is 2.61 bits per heavy atom. The van der Waals surface area contributed by atoms with E-state index in [2.05, 4.69) is 15.5 Å². The summed E-state index contributed by atoms with van der Waals surface area (Å²) in [6, 6.07) is 13.8. The van der Waals surface area contributed by atoms with Crippen LogP contribution in [0, 0.1) is 0 Å². The number of amides is 1. The summed E-state index contributed by atoms with van der Waals surface area (Å²) in [6.45, 7) is -0.204. The number of hydrogen-bond donors (Lipinski definition) is 2. The molecule has 1 aromatic carbocycles. The zero-order chi connectivity index (χ0) is 16.1. The normalized spacial score (nSPS) is 11.9. The van der Waals surface area contributed by atoms with Crippen molar-refractivity contribution in [3.8, 4) is 11.3 Å². The number of nitrogens with zero attached hydrogens (tertiary/aromatic N) is 2. The van der Waals surface area contributed by atoms with Gasteiger partial charge in [0.15, 0.2) is 11.5 Å². The minimum absolute atomic E-state index is 0.159. The van der Waals surface area contributed by atoms with Crippen molar-refractivity contribution < 1.29 is 14.4 Å². The molecule has 2 N–H and O–H groups in total. The molecule has 0 aliphatic heterocycles. The van der Waals surface area contributed by atoms with Crippen molar-refractivity contribution in [2.45, 2.75) is 6.04 Å². The van der Waals surface area contributed by atoms with Crippen LogP contribution in [-0.2, 0) is 0 Å². The number of pyridine rings is 1. The Morgan fingerprint density at radius 2 is 1.91 bits per heavy atom. The maximum absolute atomic E-state index is 12.3. The number of aliphatic hydroxyl groups excluding tert-OH is 1. The Morgan fingerprint density at radius 1 is 1.17 bits per heavy atom. The third-order valence-electron chi connectivity index (χ3n) is 3.40. The molecule has 0 saturated carbocycles. The molecule has 1 unspecified atom stereocenters. The zero-order valence-corrected chi connectivity index (χ0v) is 12.2. The monoisotopic (exact) mass is 309 g/mol. The third-order valence-corrected chi connectivity index (χ3v) is 3.40. The second-order valence-electron chi connectivity index (χ2n) is 4.93. The molecule has 3 aromatic rings. The Hall–Kier alpha value is -2.99. The first-order valence-corrected chi connectivity index (χ1v) is 7.11. The van der Waals surface area contributed by atoms with Crippen molar-refractivity contribution in [3.05, 3.63) is 72.2 Å². The third kappa shape index (κ3) is 3.44. The molecule has 0 fully saturated rings. The standard InChI is InChI=1S/C17H15N3O3/c21-11-15(12-4-2-1-3-5-12)19-17(22)14-10-16(23-20-14)13-6-8-18-9-7-13/h1-10,15,21H,11H2,(H,19,22). The van der Waals surface area contributed by atoms with E-state index in [-0.39, 0.29) is 12.3 Å². The van der Waals surface area contributed by atoms with E-state index in [0.29, 0.717) is 5.76 Å². The molecule has 0 bridgehead atoms. The highest BCUT2D eigenvalue weighted by molar-refractivity contribution is 5.93. The van der Waals surface area contributed by atoms with E-state index in [1.807, 2.05) is 30.3 Å². The quantitative estimate of drug-likeness (QED) is 0.754. The number of carbonyl (C=O) groups excluding carboxylic acids is 1. The average molecular weight is 309 g/mol. The van der Waals surface area contributed by atoms with Gasteiger partial charge in [-0.3, -0.25) is 9.78 Å². The summed E-state index contributed by atoms with van der Waals surface area (Å²) in [5.74, 6) is 0.0785. The molecule has 1 atom stereocenters. The lowest BCUT2D eigenvalue weighted by Gasteiger charge is -2.15. The molecule has 6 nitrogen and oxygen atoms in total. The van der Waals surface area contributed by atoms with Crippen molar-refractivity contribution in [1.29, 1.82) is 0 Å². The second-order valence-corrected chi connectivity index (χ2v) is 4.93. The lowest BCUT2D eigenvalue weighted by molar-refractivity contribution is 0.0907. The van der Waals surface area contributed by atoms with Crippen molar-refractivity contribution in [2.75, 3.05) is 6.61 Å². The van der Waals surface area contributed by atoms with Gasteiger partial charge in [0.25, 0.3) is 5.91 Å². The van der Waals surface area contributed by atoms with Crippen LogP contribution in [0.2, 0.25) is 0 Å². The second kappa shape index (κ2) is 6.85. The van der Waals surface area contributed by atoms with Crippen LogP contribution in [0.3, 0.4) is 0 Å². The molecule has 23 heavy (non-hydrogen) atoms. The first kappa shape index (κ1) is 14.9. The van der Waals surface area contributed by atoms with Gasteiger partial charge in [-0.2, -0.15) is 0 Å². The van der Waals surface area contributed by atoms with E-state index >= 15 is 0 Å². The van der Waals surface area contributed by atoms with E-state index in [0.717, 1.165) is 11.1 Å². The molecule has 3 rings (SSSR count). The highest BCUT2D eigenvalue weighted by Crippen LogP contribution is 2.20. The predicted octanol–water partition coefficient (Wildman–Crippen LogP) is 2.20. The molecule has 2 heterocycles. The smallest absolute Gasteiger partial charge is 0.274 e. The first-order chi connectivity index (χ1) is 11.3. The van der Waals surface area contributed by atoms with Crippen molar-refractivity contribution in [1.82, 2.24) is 15.5 Å². The summed E-state index contributed by atoms with van der Waals surface area (Å²) in [4.78, 5) is 16.2. The number of nitrogens with one attached hydrogen (secondary N) is 1. The summed E-state index contributed by atoms with van der Waals surface area (Å²) >= 11 is 0. The van der Waals surface area contributed by atoms with E-state index in [1.54, 1.807) is 30.6 Å². The molecule has 0 spiro atoms. The number of hydrogen-bond acceptors (Lipinski definition) is 5. The summed E-state index contributed by atoms with van der Waals surface area (Å²) in [5, 5.41) is 16.0. The molecule has 116 valence electrons. The van der Waals surface area contributed by atoms with Crippen molar-refractivity contribution in [3.63, 3.8) is 0 Å². The van der Waals surface area contributed by atoms with E-state index in [9.17, 15) is 9.90 Å². The highest BCUT2D eigenvalue weighted by Gasteiger charge is 2.18. The molecule has 0 aliphatic carbocycles. The first-order valence-electron chi connectivity index (χ1n) is 7.11. The maximum atomic E-state index is 12.3. The van der Waals surface area contributed by atoms with Gasteiger partial charge in [-0.15, -0.1) is 0 Å². The minimum atomic E-state index is -0.496. The van der Waals surface area contributed by atoms with Crippen LogP contribution in [-0.4, -0.2) is 27.8 Å². The van der Waals surface area contributed by atoms with Crippen LogP contribution in [0.1, 0.15) is 22.1 Å². The lowest BCUT2D eigenvalue weighted by atomic mass is 10.1. The molecule has 0 radical (unpaired) electrons. The predicted molar refractivity (Wildman–Crippen MR) is 83.5 cm³/mol. The Bertz CT molecular complexity index is 772. The average Bonchev–Trinajstić information content (AvgIpc) is 3.11. The number of aromatic nitrogens is 2. The van der Waals surface area contributed by atoms with Crippen LogP contribution < -0.4 is 5.32 Å². The summed E-state index contributed by atoms with van der Waals surface area (Å²) in [5.41, 5.74) is 1.76. The van der Waals surface area contributed by atoms with Gasteiger partial charge in [0, 0.05) is 24.0 Å². The Balaban J connectivity index is 1.75. The fraction of sp³-hybridized carbons (Fsp3) is 0.118. The van der Waals surface area contributed by atoms with Crippen LogP contribution in [0.15, 0.2) is 65.4 Å². The van der Waals surface area contributed by atoms with Gasteiger partial charge >= 0.3 is 0 Å². The van der Waals surface area contributed by atoms with Crippen LogP contribution in [0.25, 0.3) is 11.3 Å². The number of benzene rings is 1. The summed E-state index contributed by atoms with van der Waals surface area (Å²) < 4.78 is 5.19. The van der Waals surface area contributed by atoms with E-state index in [4.69, 9.17) is 4.52 Å². The van der Waals surface area contributed by atoms with Crippen LogP contribution in [0.4, 0.5) is 0 Å². The minimum Gasteiger partial charge on any atom is -0.394 e. The molecule has 2 aromatic heterocycles. The topological polar surface area (TPSA) is 88.2 Å². The van der Waals surface area contributed by atoms with Gasteiger partial charge in [0.1, 0.15) is 0 Å². The molecule has 0 aliphatic rings. The molecule has 0 saturated heterocycles. The van der Waals surface area contributed by atoms with Gasteiger partial charge in [-0.25, -0.2) is 0 Å². The van der Waals surface area contributed by atoms with E-state index in [1.165, 1.54) is 0 Å². The van der Waals surface area contributed by atoms with Gasteiger partial charge in [-0.1, -0.05) is 35.5 Å². The fourth-order valence-corrected chi connectivity index (χ4v) is 2.19. The largest absolute Gasteiger partial charge is 0.394 e. The van der Waals surface area contributed by atoms with E-state index < -0.39 is 11.9 Å². The maximum Gasteiger partial charge on any atom is 0.274 e. The number of aliphatic hydroxyl groups is 1. The van der Waals surface area contributed by atoms with Gasteiger partial charge < -0.3 is 14.9 Å². The molecular weight excluding hydrogens is 294 g/mol. The highest BCUT2D eigenvalue weighted by atomic mass is 16.5. The summed E-state index contributed by atoms with van der Waals surface area (Å²) in [7, 11) is 0. The fourth-order valence-electron chi connectivity index (χ4n) is 2.19. The van der Waals surface area contributed by atoms with Gasteiger partial charge in [0.2, 0.25) is 0 Å². The zero-order valence-electron chi connectivity index (χ0n) is 12.2. The molecule has 6 heteroatoms.